The van der Waals surface area contributed by atoms with Crippen LogP contribution >= 0.6 is 0 Å². The number of hydrogen-bond donors (Lipinski definition) is 1. The zero-order valence-corrected chi connectivity index (χ0v) is 13.4. The Balaban J connectivity index is 1.51. The van der Waals surface area contributed by atoms with E-state index in [9.17, 15) is 4.79 Å². The predicted octanol–water partition coefficient (Wildman–Crippen LogP) is 2.31. The molecule has 0 bridgehead atoms. The molecule has 0 atom stereocenters. The van der Waals surface area contributed by atoms with Crippen LogP contribution in [0, 0.1) is 17.2 Å². The molecule has 2 aromatic rings. The molecule has 1 N–H and O–H groups in total. The number of amides is 1. The number of benzene rings is 1. The summed E-state index contributed by atoms with van der Waals surface area (Å²) >= 11 is 0. The Morgan fingerprint density at radius 3 is 2.62 bits per heavy atom. The van der Waals surface area contributed by atoms with Gasteiger partial charge in [0, 0.05) is 37.6 Å². The summed E-state index contributed by atoms with van der Waals surface area (Å²) in [4.78, 5) is 22.5. The molecule has 0 unspecified atom stereocenters. The summed E-state index contributed by atoms with van der Waals surface area (Å²) < 4.78 is 0. The summed E-state index contributed by atoms with van der Waals surface area (Å²) in [7, 11) is 0. The fourth-order valence-electron chi connectivity index (χ4n) is 2.89. The highest BCUT2D eigenvalue weighted by atomic mass is 16.2. The van der Waals surface area contributed by atoms with Gasteiger partial charge in [-0.3, -0.25) is 4.79 Å². The van der Waals surface area contributed by atoms with Crippen molar-refractivity contribution in [1.29, 1.82) is 5.26 Å². The molecule has 1 fully saturated rings. The van der Waals surface area contributed by atoms with Gasteiger partial charge in [0.15, 0.2) is 11.5 Å². The maximum absolute atomic E-state index is 12.4. The Morgan fingerprint density at radius 2 is 1.92 bits per heavy atom. The van der Waals surface area contributed by atoms with Gasteiger partial charge in [0.1, 0.15) is 6.07 Å². The molecule has 122 valence electrons. The molecule has 1 saturated heterocycles. The minimum Gasteiger partial charge on any atom is -0.367 e. The maximum Gasteiger partial charge on any atom is 0.253 e. The van der Waals surface area contributed by atoms with Crippen molar-refractivity contribution in [3.63, 3.8) is 0 Å². The highest BCUT2D eigenvalue weighted by Gasteiger charge is 2.23. The lowest BCUT2D eigenvalue weighted by molar-refractivity contribution is 0.0695. The average Bonchev–Trinajstić information content (AvgIpc) is 2.67. The quantitative estimate of drug-likeness (QED) is 0.934. The van der Waals surface area contributed by atoms with Crippen LogP contribution in [0.5, 0.6) is 0 Å². The molecule has 1 aromatic heterocycles. The van der Waals surface area contributed by atoms with Crippen LogP contribution in [0.25, 0.3) is 0 Å². The molecule has 0 saturated carbocycles. The Morgan fingerprint density at radius 1 is 1.21 bits per heavy atom. The number of hydrogen-bond acceptors (Lipinski definition) is 5. The van der Waals surface area contributed by atoms with Gasteiger partial charge in [-0.05, 0) is 30.9 Å². The molecule has 6 heteroatoms. The number of likely N-dealkylation sites (tertiary alicyclic amines) is 1. The summed E-state index contributed by atoms with van der Waals surface area (Å²) in [5.41, 5.74) is 1.06. The van der Waals surface area contributed by atoms with Crippen LogP contribution in [0.4, 0.5) is 5.82 Å². The number of carbonyl (C=O) groups is 1. The second-order valence-electron chi connectivity index (χ2n) is 5.85. The van der Waals surface area contributed by atoms with Crippen molar-refractivity contribution in [2.45, 2.75) is 12.8 Å². The largest absolute Gasteiger partial charge is 0.367 e. The van der Waals surface area contributed by atoms with E-state index >= 15 is 0 Å². The molecule has 0 radical (unpaired) electrons. The lowest BCUT2D eigenvalue weighted by Gasteiger charge is -2.32. The van der Waals surface area contributed by atoms with Crippen LogP contribution in [0.15, 0.2) is 42.7 Å². The second-order valence-corrected chi connectivity index (χ2v) is 5.85. The highest BCUT2D eigenvalue weighted by molar-refractivity contribution is 5.94. The number of nitrogens with zero attached hydrogens (tertiary/aromatic N) is 4. The highest BCUT2D eigenvalue weighted by Crippen LogP contribution is 2.20. The number of aromatic nitrogens is 2. The van der Waals surface area contributed by atoms with E-state index in [1.165, 1.54) is 6.20 Å². The Kier molecular flexibility index (Phi) is 5.02. The van der Waals surface area contributed by atoms with E-state index in [1.807, 2.05) is 41.3 Å². The summed E-state index contributed by atoms with van der Waals surface area (Å²) in [5, 5.41) is 12.2. The molecule has 24 heavy (non-hydrogen) atoms. The molecule has 3 rings (SSSR count). The van der Waals surface area contributed by atoms with E-state index in [0.29, 0.717) is 17.4 Å². The minimum atomic E-state index is 0.0997. The summed E-state index contributed by atoms with van der Waals surface area (Å²) in [6, 6.07) is 11.4. The first kappa shape index (κ1) is 15.9. The van der Waals surface area contributed by atoms with Crippen molar-refractivity contribution < 1.29 is 4.79 Å². The first-order valence-electron chi connectivity index (χ1n) is 8.07. The number of rotatable bonds is 4. The molecule has 1 aromatic carbocycles. The van der Waals surface area contributed by atoms with E-state index in [0.717, 1.165) is 38.0 Å². The number of nitriles is 1. The van der Waals surface area contributed by atoms with Gasteiger partial charge in [-0.25, -0.2) is 9.97 Å². The molecule has 1 amide bonds. The number of nitrogens with one attached hydrogen (secondary N) is 1. The van der Waals surface area contributed by atoms with Crippen molar-refractivity contribution in [2.75, 3.05) is 25.0 Å². The van der Waals surface area contributed by atoms with Crippen molar-refractivity contribution in [3.8, 4) is 6.07 Å². The van der Waals surface area contributed by atoms with Crippen molar-refractivity contribution >= 4 is 11.7 Å². The molecule has 2 heterocycles. The standard InChI is InChI=1S/C18H19N5O/c19-12-16-17(21-9-8-20-16)22-13-14-6-10-23(11-7-14)18(24)15-4-2-1-3-5-15/h1-5,8-9,14H,6-7,10-11,13H2,(H,21,22). The van der Waals surface area contributed by atoms with E-state index in [-0.39, 0.29) is 5.91 Å². The molecule has 6 nitrogen and oxygen atoms in total. The molecular formula is C18H19N5O. The minimum absolute atomic E-state index is 0.0997. The van der Waals surface area contributed by atoms with E-state index in [4.69, 9.17) is 5.26 Å². The summed E-state index contributed by atoms with van der Waals surface area (Å²) in [6.07, 6.45) is 4.96. The van der Waals surface area contributed by atoms with E-state index < -0.39 is 0 Å². The third kappa shape index (κ3) is 3.69. The fourth-order valence-corrected chi connectivity index (χ4v) is 2.89. The van der Waals surface area contributed by atoms with E-state index in [1.54, 1.807) is 6.20 Å². The zero-order chi connectivity index (χ0) is 16.8. The molecule has 0 aliphatic carbocycles. The Bertz CT molecular complexity index is 733. The average molecular weight is 321 g/mol. The number of anilines is 1. The first-order chi connectivity index (χ1) is 11.8. The van der Waals surface area contributed by atoms with Crippen LogP contribution in [0.2, 0.25) is 0 Å². The van der Waals surface area contributed by atoms with Gasteiger partial charge >= 0.3 is 0 Å². The number of piperidine rings is 1. The molecule has 0 spiro atoms. The Hall–Kier alpha value is -2.94. The van der Waals surface area contributed by atoms with Gasteiger partial charge in [-0.2, -0.15) is 5.26 Å². The number of carbonyl (C=O) groups excluding carboxylic acids is 1. The Labute approximate surface area is 141 Å². The third-order valence-corrected chi connectivity index (χ3v) is 4.28. The predicted molar refractivity (Wildman–Crippen MR) is 90.3 cm³/mol. The van der Waals surface area contributed by atoms with Gasteiger partial charge in [-0.15, -0.1) is 0 Å². The monoisotopic (exact) mass is 321 g/mol. The molecular weight excluding hydrogens is 302 g/mol. The van der Waals surface area contributed by atoms with Gasteiger partial charge in [0.2, 0.25) is 0 Å². The lowest BCUT2D eigenvalue weighted by Crippen LogP contribution is -2.39. The van der Waals surface area contributed by atoms with Gasteiger partial charge < -0.3 is 10.2 Å². The zero-order valence-electron chi connectivity index (χ0n) is 13.4. The van der Waals surface area contributed by atoms with Gasteiger partial charge in [0.25, 0.3) is 5.91 Å². The van der Waals surface area contributed by atoms with Crippen LogP contribution in [0.1, 0.15) is 28.9 Å². The van der Waals surface area contributed by atoms with Crippen LogP contribution in [0.3, 0.4) is 0 Å². The lowest BCUT2D eigenvalue weighted by atomic mass is 9.96. The molecule has 1 aliphatic rings. The fraction of sp³-hybridized carbons (Fsp3) is 0.333. The van der Waals surface area contributed by atoms with Crippen LogP contribution in [-0.4, -0.2) is 40.4 Å². The van der Waals surface area contributed by atoms with Crippen LogP contribution in [-0.2, 0) is 0 Å². The SMILES string of the molecule is N#Cc1nccnc1NCC1CCN(C(=O)c2ccccc2)CC1. The normalized spacial score (nSPS) is 14.9. The summed E-state index contributed by atoms with van der Waals surface area (Å²) in [6.45, 7) is 2.25. The molecule has 1 aliphatic heterocycles. The third-order valence-electron chi connectivity index (χ3n) is 4.28. The smallest absolute Gasteiger partial charge is 0.253 e. The first-order valence-corrected chi connectivity index (χ1v) is 8.07. The topological polar surface area (TPSA) is 81.9 Å². The maximum atomic E-state index is 12.4. The summed E-state index contributed by atoms with van der Waals surface area (Å²) in [5.74, 6) is 1.09. The van der Waals surface area contributed by atoms with Crippen LogP contribution < -0.4 is 5.32 Å². The van der Waals surface area contributed by atoms with Gasteiger partial charge in [0.05, 0.1) is 0 Å². The van der Waals surface area contributed by atoms with Crippen molar-refractivity contribution in [3.05, 3.63) is 54.0 Å². The van der Waals surface area contributed by atoms with Crippen molar-refractivity contribution in [1.82, 2.24) is 14.9 Å². The van der Waals surface area contributed by atoms with Gasteiger partial charge in [-0.1, -0.05) is 18.2 Å². The van der Waals surface area contributed by atoms with Crippen molar-refractivity contribution in [2.24, 2.45) is 5.92 Å². The van der Waals surface area contributed by atoms with E-state index in [2.05, 4.69) is 15.3 Å². The second kappa shape index (κ2) is 7.55.